The second-order valence-electron chi connectivity index (χ2n) is 3.85. The second-order valence-corrected chi connectivity index (χ2v) is 5.16. The summed E-state index contributed by atoms with van der Waals surface area (Å²) in [5, 5.41) is 2.59. The third-order valence-electron chi connectivity index (χ3n) is 1.55. The third kappa shape index (κ3) is 9.00. The molecule has 6 heteroatoms. The number of halogens is 1. The lowest BCUT2D eigenvalue weighted by Crippen LogP contribution is -2.43. The number of carbonyl (C=O) groups excluding carboxylic acids is 1. The first-order valence-electron chi connectivity index (χ1n) is 4.96. The normalized spacial score (nSPS) is 11.7. The molecule has 1 amide bonds. The SMILES string of the molecule is [B]C([B])(Br)C(=O)NCCCOCC(C)C. The van der Waals surface area contributed by atoms with Crippen LogP contribution in [0.25, 0.3) is 0 Å². The molecule has 15 heavy (non-hydrogen) atoms. The van der Waals surface area contributed by atoms with Crippen LogP contribution >= 0.6 is 15.9 Å². The summed E-state index contributed by atoms with van der Waals surface area (Å²) in [6.45, 7) is 6.05. The van der Waals surface area contributed by atoms with Crippen molar-refractivity contribution in [3.8, 4) is 0 Å². The van der Waals surface area contributed by atoms with Crippen LogP contribution in [-0.2, 0) is 9.53 Å². The van der Waals surface area contributed by atoms with Crippen molar-refractivity contribution in [1.29, 1.82) is 0 Å². The van der Waals surface area contributed by atoms with Gasteiger partial charge in [0, 0.05) is 23.9 Å². The fraction of sp³-hybridized carbons (Fsp3) is 0.889. The zero-order valence-electron chi connectivity index (χ0n) is 9.25. The van der Waals surface area contributed by atoms with Gasteiger partial charge in [0.15, 0.2) is 0 Å². The number of nitrogens with one attached hydrogen (secondary N) is 1. The molecule has 0 unspecified atom stereocenters. The lowest BCUT2D eigenvalue weighted by molar-refractivity contribution is -0.120. The second kappa shape index (κ2) is 7.34. The van der Waals surface area contributed by atoms with Crippen LogP contribution < -0.4 is 5.32 Å². The van der Waals surface area contributed by atoms with Crippen molar-refractivity contribution in [2.75, 3.05) is 19.8 Å². The van der Waals surface area contributed by atoms with Gasteiger partial charge in [0.1, 0.15) is 0 Å². The molecule has 4 radical (unpaired) electrons. The summed E-state index contributed by atoms with van der Waals surface area (Å²) in [5.74, 6) is 0.106. The Labute approximate surface area is 103 Å². The van der Waals surface area contributed by atoms with Crippen molar-refractivity contribution in [1.82, 2.24) is 5.32 Å². The van der Waals surface area contributed by atoms with Crippen molar-refractivity contribution in [3.63, 3.8) is 0 Å². The molecule has 0 heterocycles. The highest BCUT2D eigenvalue weighted by molar-refractivity contribution is 9.11. The highest BCUT2D eigenvalue weighted by atomic mass is 79.9. The molecule has 0 spiro atoms. The Bertz CT molecular complexity index is 195. The molecule has 1 N–H and O–H groups in total. The molecular weight excluding hydrogens is 256 g/mol. The van der Waals surface area contributed by atoms with E-state index in [0.717, 1.165) is 13.0 Å². The van der Waals surface area contributed by atoms with Gasteiger partial charge < -0.3 is 10.1 Å². The molecule has 0 aromatic carbocycles. The average Bonchev–Trinajstić information content (AvgIpc) is 2.08. The molecule has 0 fully saturated rings. The van der Waals surface area contributed by atoms with Gasteiger partial charge in [-0.05, 0) is 12.3 Å². The first-order valence-corrected chi connectivity index (χ1v) is 5.76. The van der Waals surface area contributed by atoms with Crippen LogP contribution in [0.5, 0.6) is 0 Å². The first kappa shape index (κ1) is 15.0. The van der Waals surface area contributed by atoms with Gasteiger partial charge >= 0.3 is 0 Å². The van der Waals surface area contributed by atoms with E-state index in [1.165, 1.54) is 0 Å². The summed E-state index contributed by atoms with van der Waals surface area (Å²) in [4.78, 5) is 11.2. The van der Waals surface area contributed by atoms with E-state index in [1.54, 1.807) is 0 Å². The number of alkyl halides is 1. The maximum absolute atomic E-state index is 11.2. The van der Waals surface area contributed by atoms with E-state index in [0.29, 0.717) is 19.1 Å². The zero-order valence-corrected chi connectivity index (χ0v) is 10.8. The Morgan fingerprint density at radius 2 is 2.13 bits per heavy atom. The fourth-order valence-corrected chi connectivity index (χ4v) is 0.971. The maximum Gasteiger partial charge on any atom is 0.218 e. The highest BCUT2D eigenvalue weighted by Crippen LogP contribution is 2.06. The molecule has 3 nitrogen and oxygen atoms in total. The standard InChI is InChI=1S/C9H16B2BrNO2/c1-7(2)6-15-5-3-4-13-8(14)9(10,11)12/h7H,3-6H2,1-2H3,(H,13,14). The van der Waals surface area contributed by atoms with Crippen LogP contribution in [0.2, 0.25) is 0 Å². The predicted octanol–water partition coefficient (Wildman–Crippen LogP) is 0.551. The van der Waals surface area contributed by atoms with Crippen LogP contribution in [0, 0.1) is 5.92 Å². The fourth-order valence-electron chi connectivity index (χ4n) is 0.831. The van der Waals surface area contributed by atoms with Crippen molar-refractivity contribution in [2.24, 2.45) is 5.92 Å². The van der Waals surface area contributed by atoms with Crippen LogP contribution in [0.3, 0.4) is 0 Å². The molecular formula is C9H16B2BrNO2. The van der Waals surface area contributed by atoms with E-state index in [2.05, 4.69) is 35.1 Å². The summed E-state index contributed by atoms with van der Waals surface area (Å²) in [5.41, 5.74) is 0. The molecule has 0 aromatic heterocycles. The molecule has 0 atom stereocenters. The number of ether oxygens (including phenoxy) is 1. The molecule has 0 rings (SSSR count). The molecule has 0 aliphatic heterocycles. The van der Waals surface area contributed by atoms with Crippen molar-refractivity contribution < 1.29 is 9.53 Å². The van der Waals surface area contributed by atoms with Crippen LogP contribution in [0.15, 0.2) is 0 Å². The Morgan fingerprint density at radius 3 is 2.60 bits per heavy atom. The average molecular weight is 272 g/mol. The van der Waals surface area contributed by atoms with E-state index in [1.807, 2.05) is 0 Å². The van der Waals surface area contributed by atoms with E-state index >= 15 is 0 Å². The van der Waals surface area contributed by atoms with Gasteiger partial charge in [0.2, 0.25) is 5.91 Å². The minimum absolute atomic E-state index is 0.425. The molecule has 0 saturated carbocycles. The van der Waals surface area contributed by atoms with Crippen molar-refractivity contribution >= 4 is 37.5 Å². The molecule has 0 bridgehead atoms. The van der Waals surface area contributed by atoms with Gasteiger partial charge in [0.25, 0.3) is 0 Å². The number of carbonyl (C=O) groups is 1. The third-order valence-corrected chi connectivity index (χ3v) is 1.91. The quantitative estimate of drug-likeness (QED) is 0.417. The number of amides is 1. The monoisotopic (exact) mass is 271 g/mol. The lowest BCUT2D eigenvalue weighted by Gasteiger charge is -2.16. The van der Waals surface area contributed by atoms with Gasteiger partial charge in [-0.1, -0.05) is 29.8 Å². The van der Waals surface area contributed by atoms with E-state index in [9.17, 15) is 4.79 Å². The van der Waals surface area contributed by atoms with Crippen molar-refractivity contribution in [2.45, 2.75) is 24.4 Å². The number of hydrogen-bond donors (Lipinski definition) is 1. The summed E-state index contributed by atoms with van der Waals surface area (Å²) >= 11 is 2.86. The topological polar surface area (TPSA) is 38.3 Å². The Balaban J connectivity index is 3.36. The lowest BCUT2D eigenvalue weighted by atomic mass is 9.70. The van der Waals surface area contributed by atoms with Gasteiger partial charge in [-0.2, -0.15) is 0 Å². The Hall–Kier alpha value is 0.0399. The smallest absolute Gasteiger partial charge is 0.218 e. The zero-order chi connectivity index (χ0) is 11.9. The Kier molecular flexibility index (Phi) is 7.36. The summed E-state index contributed by atoms with van der Waals surface area (Å²) in [6, 6.07) is 0. The predicted molar refractivity (Wildman–Crippen MR) is 66.4 cm³/mol. The largest absolute Gasteiger partial charge is 0.381 e. The van der Waals surface area contributed by atoms with E-state index in [4.69, 9.17) is 20.4 Å². The van der Waals surface area contributed by atoms with E-state index < -0.39 is 10.0 Å². The van der Waals surface area contributed by atoms with Crippen LogP contribution in [0.1, 0.15) is 20.3 Å². The van der Waals surface area contributed by atoms with Crippen LogP contribution in [-0.4, -0.2) is 45.5 Å². The van der Waals surface area contributed by atoms with Crippen LogP contribution in [0.4, 0.5) is 0 Å². The van der Waals surface area contributed by atoms with Gasteiger partial charge in [-0.15, -0.1) is 0 Å². The first-order chi connectivity index (χ1) is 6.84. The van der Waals surface area contributed by atoms with E-state index in [-0.39, 0.29) is 0 Å². The molecule has 0 aliphatic carbocycles. The van der Waals surface area contributed by atoms with Gasteiger partial charge in [0.05, 0.1) is 15.7 Å². The summed E-state index contributed by atoms with van der Waals surface area (Å²) < 4.78 is 3.86. The summed E-state index contributed by atoms with van der Waals surface area (Å²) in [7, 11) is 10.6. The van der Waals surface area contributed by atoms with Gasteiger partial charge in [-0.3, -0.25) is 4.79 Å². The molecule has 0 aromatic rings. The minimum Gasteiger partial charge on any atom is -0.381 e. The number of rotatable bonds is 7. The van der Waals surface area contributed by atoms with Crippen molar-refractivity contribution in [3.05, 3.63) is 0 Å². The summed E-state index contributed by atoms with van der Waals surface area (Å²) in [6.07, 6.45) is 0.752. The minimum atomic E-state index is -1.48. The highest BCUT2D eigenvalue weighted by Gasteiger charge is 2.21. The van der Waals surface area contributed by atoms with Gasteiger partial charge in [-0.25, -0.2) is 0 Å². The number of hydrogen-bond acceptors (Lipinski definition) is 2. The maximum atomic E-state index is 11.2. The molecule has 0 aliphatic rings. The molecule has 0 saturated heterocycles. The Morgan fingerprint density at radius 1 is 1.53 bits per heavy atom. The molecule has 82 valence electrons.